The van der Waals surface area contributed by atoms with Crippen molar-refractivity contribution >= 4 is 40.4 Å². The first kappa shape index (κ1) is 18.4. The first-order valence-corrected chi connectivity index (χ1v) is 8.59. The number of hydrogen-bond donors (Lipinski definition) is 1. The van der Waals surface area contributed by atoms with Crippen molar-refractivity contribution in [3.05, 3.63) is 74.8 Å². The Hall–Kier alpha value is -2.41. The quantitative estimate of drug-likeness (QED) is 0.726. The van der Waals surface area contributed by atoms with E-state index in [0.29, 0.717) is 33.6 Å². The molecule has 1 aromatic carbocycles. The van der Waals surface area contributed by atoms with E-state index < -0.39 is 0 Å². The van der Waals surface area contributed by atoms with Crippen molar-refractivity contribution in [2.45, 2.75) is 6.54 Å². The van der Waals surface area contributed by atoms with Crippen LogP contribution in [0.3, 0.4) is 0 Å². The second kappa shape index (κ2) is 7.86. The summed E-state index contributed by atoms with van der Waals surface area (Å²) in [6, 6.07) is 11.8. The average Bonchev–Trinajstić information content (AvgIpc) is 2.57. The van der Waals surface area contributed by atoms with E-state index in [1.165, 1.54) is 16.7 Å². The number of fused-ring (bicyclic) bond motifs is 1. The molecule has 0 atom stereocenters. The Bertz CT molecular complexity index is 1020. The molecule has 0 aliphatic heterocycles. The Morgan fingerprint density at radius 2 is 2.00 bits per heavy atom. The number of hydrogen-bond acceptors (Lipinski definition) is 4. The average molecular weight is 391 g/mol. The van der Waals surface area contributed by atoms with Crippen LogP contribution < -0.4 is 10.9 Å². The molecule has 1 amide bonds. The normalized spacial score (nSPS) is 11.1. The van der Waals surface area contributed by atoms with Gasteiger partial charge in [0, 0.05) is 18.8 Å². The second-order valence-electron chi connectivity index (χ2n) is 5.86. The summed E-state index contributed by atoms with van der Waals surface area (Å²) < 4.78 is 1.38. The summed E-state index contributed by atoms with van der Waals surface area (Å²) in [4.78, 5) is 30.6. The Morgan fingerprint density at radius 1 is 1.23 bits per heavy atom. The Labute approximate surface area is 160 Å². The highest BCUT2D eigenvalue weighted by molar-refractivity contribution is 6.33. The molecule has 3 rings (SSSR count). The van der Waals surface area contributed by atoms with Crippen molar-refractivity contribution in [2.24, 2.45) is 0 Å². The van der Waals surface area contributed by atoms with Crippen LogP contribution in [0.4, 0.5) is 5.69 Å². The van der Waals surface area contributed by atoms with Gasteiger partial charge in [0.1, 0.15) is 5.65 Å². The lowest BCUT2D eigenvalue weighted by Crippen LogP contribution is -2.30. The van der Waals surface area contributed by atoms with Gasteiger partial charge in [0.15, 0.2) is 0 Å². The van der Waals surface area contributed by atoms with Crippen molar-refractivity contribution in [3.63, 3.8) is 0 Å². The number of para-hydroxylation sites is 1. The Morgan fingerprint density at radius 3 is 2.77 bits per heavy atom. The minimum absolute atomic E-state index is 0.132. The van der Waals surface area contributed by atoms with Gasteiger partial charge in [0.25, 0.3) is 5.56 Å². The van der Waals surface area contributed by atoms with Crippen LogP contribution in [-0.2, 0) is 11.3 Å². The lowest BCUT2D eigenvalue weighted by molar-refractivity contribution is -0.117. The minimum atomic E-state index is -0.221. The monoisotopic (exact) mass is 390 g/mol. The van der Waals surface area contributed by atoms with E-state index in [4.69, 9.17) is 23.2 Å². The van der Waals surface area contributed by atoms with Crippen LogP contribution in [-0.4, -0.2) is 33.8 Å². The highest BCUT2D eigenvalue weighted by Crippen LogP contribution is 2.20. The molecule has 2 heterocycles. The van der Waals surface area contributed by atoms with E-state index in [0.717, 1.165) is 0 Å². The van der Waals surface area contributed by atoms with Gasteiger partial charge in [-0.15, -0.1) is 0 Å². The van der Waals surface area contributed by atoms with Gasteiger partial charge >= 0.3 is 0 Å². The molecule has 0 aliphatic rings. The predicted octanol–water partition coefficient (Wildman–Crippen LogP) is 3.07. The largest absolute Gasteiger partial charge is 0.324 e. The molecule has 0 spiro atoms. The zero-order valence-corrected chi connectivity index (χ0v) is 15.5. The Balaban J connectivity index is 1.68. The number of pyridine rings is 1. The third kappa shape index (κ3) is 4.40. The van der Waals surface area contributed by atoms with Crippen molar-refractivity contribution < 1.29 is 4.79 Å². The number of halogens is 2. The molecule has 0 radical (unpaired) electrons. The number of amides is 1. The molecule has 0 saturated carbocycles. The predicted molar refractivity (Wildman–Crippen MR) is 103 cm³/mol. The number of nitrogens with one attached hydrogen (secondary N) is 1. The SMILES string of the molecule is CN(CC(=O)Nc1ccccc1Cl)Cc1cc(=O)n2cc(Cl)ccc2n1. The maximum absolute atomic E-state index is 12.2. The van der Waals surface area contributed by atoms with Crippen LogP contribution in [0.2, 0.25) is 10.0 Å². The number of aromatic nitrogens is 2. The van der Waals surface area contributed by atoms with Gasteiger partial charge in [-0.05, 0) is 31.3 Å². The first-order chi connectivity index (χ1) is 12.4. The second-order valence-corrected chi connectivity index (χ2v) is 6.71. The van der Waals surface area contributed by atoms with Gasteiger partial charge in [-0.3, -0.25) is 18.9 Å². The van der Waals surface area contributed by atoms with Crippen LogP contribution in [0.5, 0.6) is 0 Å². The summed E-state index contributed by atoms with van der Waals surface area (Å²) in [6.45, 7) is 0.483. The lowest BCUT2D eigenvalue weighted by Gasteiger charge is -2.16. The molecular formula is C18H16Cl2N4O2. The molecule has 134 valence electrons. The first-order valence-electron chi connectivity index (χ1n) is 7.83. The van der Waals surface area contributed by atoms with Crippen molar-refractivity contribution in [3.8, 4) is 0 Å². The molecule has 1 N–H and O–H groups in total. The zero-order valence-electron chi connectivity index (χ0n) is 13.9. The van der Waals surface area contributed by atoms with Crippen LogP contribution in [0, 0.1) is 0 Å². The van der Waals surface area contributed by atoms with Crippen LogP contribution >= 0.6 is 23.2 Å². The molecule has 8 heteroatoms. The topological polar surface area (TPSA) is 66.7 Å². The number of likely N-dealkylation sites (N-methyl/N-ethyl adjacent to an activating group) is 1. The number of benzene rings is 1. The standard InChI is InChI=1S/C18H16Cl2N4O2/c1-23(11-17(25)22-15-5-3-2-4-14(15)20)10-13-8-18(26)24-9-12(19)6-7-16(24)21-13/h2-9H,10-11H2,1H3,(H,22,25). The Kier molecular flexibility index (Phi) is 5.56. The summed E-state index contributed by atoms with van der Waals surface area (Å²) in [5, 5.41) is 3.70. The summed E-state index contributed by atoms with van der Waals surface area (Å²) in [6.07, 6.45) is 1.52. The highest BCUT2D eigenvalue weighted by atomic mass is 35.5. The summed E-state index contributed by atoms with van der Waals surface area (Å²) in [7, 11) is 1.78. The van der Waals surface area contributed by atoms with Crippen LogP contribution in [0.25, 0.3) is 5.65 Å². The van der Waals surface area contributed by atoms with Crippen molar-refractivity contribution in [1.29, 1.82) is 0 Å². The number of anilines is 1. The van der Waals surface area contributed by atoms with Crippen LogP contribution in [0.1, 0.15) is 5.69 Å². The summed E-state index contributed by atoms with van der Waals surface area (Å²) in [5.41, 5.74) is 1.42. The van der Waals surface area contributed by atoms with Gasteiger partial charge in [0.2, 0.25) is 5.91 Å². The van der Waals surface area contributed by atoms with E-state index >= 15 is 0 Å². The van der Waals surface area contributed by atoms with Gasteiger partial charge < -0.3 is 5.32 Å². The highest BCUT2D eigenvalue weighted by Gasteiger charge is 2.11. The lowest BCUT2D eigenvalue weighted by atomic mass is 10.3. The maximum atomic E-state index is 12.2. The molecule has 0 bridgehead atoms. The number of carbonyl (C=O) groups excluding carboxylic acids is 1. The van der Waals surface area contributed by atoms with Gasteiger partial charge in [0.05, 0.1) is 28.0 Å². The molecule has 26 heavy (non-hydrogen) atoms. The van der Waals surface area contributed by atoms with Gasteiger partial charge in [-0.25, -0.2) is 4.98 Å². The van der Waals surface area contributed by atoms with E-state index in [-0.39, 0.29) is 18.0 Å². The van der Waals surface area contributed by atoms with Crippen molar-refractivity contribution in [1.82, 2.24) is 14.3 Å². The number of rotatable bonds is 5. The molecule has 2 aromatic heterocycles. The fraction of sp³-hybridized carbons (Fsp3) is 0.167. The molecule has 0 aliphatic carbocycles. The molecule has 0 fully saturated rings. The smallest absolute Gasteiger partial charge is 0.258 e. The van der Waals surface area contributed by atoms with Crippen molar-refractivity contribution in [2.75, 3.05) is 18.9 Å². The number of carbonyl (C=O) groups is 1. The van der Waals surface area contributed by atoms with E-state index in [1.807, 2.05) is 0 Å². The molecule has 0 saturated heterocycles. The van der Waals surface area contributed by atoms with Crippen LogP contribution in [0.15, 0.2) is 53.5 Å². The number of nitrogens with zero attached hydrogens (tertiary/aromatic N) is 3. The third-order valence-corrected chi connectivity index (χ3v) is 4.22. The fourth-order valence-electron chi connectivity index (χ4n) is 2.54. The van der Waals surface area contributed by atoms with E-state index in [2.05, 4.69) is 10.3 Å². The minimum Gasteiger partial charge on any atom is -0.324 e. The molecular weight excluding hydrogens is 375 g/mol. The van der Waals surface area contributed by atoms with E-state index in [1.54, 1.807) is 48.3 Å². The maximum Gasteiger partial charge on any atom is 0.258 e. The molecule has 6 nitrogen and oxygen atoms in total. The zero-order chi connectivity index (χ0) is 18.7. The van der Waals surface area contributed by atoms with Gasteiger partial charge in [-0.1, -0.05) is 35.3 Å². The fourth-order valence-corrected chi connectivity index (χ4v) is 2.88. The van der Waals surface area contributed by atoms with E-state index in [9.17, 15) is 9.59 Å². The summed E-state index contributed by atoms with van der Waals surface area (Å²) >= 11 is 11.9. The summed E-state index contributed by atoms with van der Waals surface area (Å²) in [5.74, 6) is -0.204. The van der Waals surface area contributed by atoms with Gasteiger partial charge in [-0.2, -0.15) is 0 Å². The molecule has 3 aromatic rings. The molecule has 0 unspecified atom stereocenters. The third-order valence-electron chi connectivity index (χ3n) is 3.67.